The van der Waals surface area contributed by atoms with Gasteiger partial charge in [-0.1, -0.05) is 56.1 Å². The number of fused-ring (bicyclic) bond motifs is 2. The lowest BCUT2D eigenvalue weighted by molar-refractivity contribution is -0.122. The van der Waals surface area contributed by atoms with Crippen molar-refractivity contribution in [3.63, 3.8) is 0 Å². The predicted octanol–water partition coefficient (Wildman–Crippen LogP) is 5.62. The van der Waals surface area contributed by atoms with Crippen LogP contribution in [0, 0.1) is 11.2 Å². The molecule has 10 heteroatoms. The normalized spacial score (nSPS) is 23.6. The Hall–Kier alpha value is -3.46. The minimum Gasteiger partial charge on any atom is -0.366 e. The van der Waals surface area contributed by atoms with E-state index >= 15 is 0 Å². The van der Waals surface area contributed by atoms with Crippen LogP contribution in [0.4, 0.5) is 15.8 Å². The number of halogens is 3. The van der Waals surface area contributed by atoms with Crippen molar-refractivity contribution in [3.05, 3.63) is 93.2 Å². The van der Waals surface area contributed by atoms with Gasteiger partial charge in [0.15, 0.2) is 0 Å². The first-order valence-electron chi connectivity index (χ1n) is 12.8. The van der Waals surface area contributed by atoms with Crippen molar-refractivity contribution >= 4 is 52.3 Å². The van der Waals surface area contributed by atoms with Crippen molar-refractivity contribution in [2.24, 2.45) is 11.1 Å². The summed E-state index contributed by atoms with van der Waals surface area (Å²) in [6.07, 6.45) is 0.547. The molecule has 5 rings (SSSR count). The van der Waals surface area contributed by atoms with Gasteiger partial charge in [-0.15, -0.1) is 0 Å². The second-order valence-corrected chi connectivity index (χ2v) is 12.4. The summed E-state index contributed by atoms with van der Waals surface area (Å²) in [5.41, 5.74) is 6.46. The number of amides is 3. The molecule has 5 N–H and O–H groups in total. The molecule has 2 aliphatic rings. The number of hydrogen-bond acceptors (Lipinski definition) is 4. The molecule has 3 amide bonds. The van der Waals surface area contributed by atoms with Crippen LogP contribution in [0.25, 0.3) is 0 Å². The quantitative estimate of drug-likeness (QED) is 0.312. The van der Waals surface area contributed by atoms with Crippen LogP contribution in [0.5, 0.6) is 0 Å². The molecular weight excluding hydrogens is 554 g/mol. The van der Waals surface area contributed by atoms with E-state index in [2.05, 4.69) is 36.7 Å². The van der Waals surface area contributed by atoms with Crippen LogP contribution in [0.3, 0.4) is 0 Å². The van der Waals surface area contributed by atoms with Crippen LogP contribution in [0.15, 0.2) is 60.7 Å². The summed E-state index contributed by atoms with van der Waals surface area (Å²) in [6.45, 7) is 6.19. The highest BCUT2D eigenvalue weighted by Gasteiger charge is 2.65. The number of nitrogens with one attached hydrogen (secondary N) is 3. The van der Waals surface area contributed by atoms with Gasteiger partial charge in [0.25, 0.3) is 0 Å². The van der Waals surface area contributed by atoms with E-state index in [9.17, 15) is 18.8 Å². The van der Waals surface area contributed by atoms with Gasteiger partial charge in [0.1, 0.15) is 11.2 Å². The van der Waals surface area contributed by atoms with Crippen molar-refractivity contribution in [3.8, 4) is 0 Å². The molecule has 3 aromatic rings. The maximum absolute atomic E-state index is 14.3. The van der Waals surface area contributed by atoms with Gasteiger partial charge in [-0.3, -0.25) is 14.4 Å². The third kappa shape index (κ3) is 4.85. The number of carbonyl (C=O) groups is 3. The van der Waals surface area contributed by atoms with Crippen LogP contribution in [0.2, 0.25) is 10.0 Å². The molecule has 1 fully saturated rings. The first-order valence-corrected chi connectivity index (χ1v) is 13.6. The van der Waals surface area contributed by atoms with Crippen LogP contribution in [0.1, 0.15) is 54.6 Å². The lowest BCUT2D eigenvalue weighted by Gasteiger charge is -2.37. The molecule has 1 saturated heterocycles. The molecule has 0 saturated carbocycles. The molecule has 0 bridgehead atoms. The maximum atomic E-state index is 14.3. The molecule has 0 aliphatic carbocycles. The van der Waals surface area contributed by atoms with Crippen molar-refractivity contribution in [2.75, 3.05) is 10.6 Å². The van der Waals surface area contributed by atoms with E-state index < -0.39 is 41.0 Å². The van der Waals surface area contributed by atoms with E-state index in [1.807, 2.05) is 6.07 Å². The lowest BCUT2D eigenvalue weighted by Crippen LogP contribution is -2.49. The van der Waals surface area contributed by atoms with Crippen molar-refractivity contribution in [2.45, 2.75) is 50.6 Å². The highest BCUT2D eigenvalue weighted by molar-refractivity contribution is 6.31. The van der Waals surface area contributed by atoms with Gasteiger partial charge < -0.3 is 21.7 Å². The average molecular weight is 583 g/mol. The summed E-state index contributed by atoms with van der Waals surface area (Å²) in [5, 5.41) is 9.73. The standard InChI is InChI=1S/C30H29Cl2FN4O3/c1-29(2,3)14-23-30(19-10-7-17(31)13-22(19)36-28(30)40)24(16-6-11-21(33)20(32)12-16)25(37-23)27(39)35-18-8-4-15(5-9-18)26(34)38/h4-13,23-25,37H,14H2,1-3H3,(H2,34,38)(H,35,39)(H,36,40)/t23?,24-,25+,30+/m0/s1. The summed E-state index contributed by atoms with van der Waals surface area (Å²) < 4.78 is 14.3. The predicted molar refractivity (Wildman–Crippen MR) is 154 cm³/mol. The van der Waals surface area contributed by atoms with Crippen LogP contribution < -0.4 is 21.7 Å². The molecule has 0 aromatic heterocycles. The Morgan fingerprint density at radius 2 is 1.75 bits per heavy atom. The fourth-order valence-electron chi connectivity index (χ4n) is 6.07. The molecule has 2 aliphatic heterocycles. The molecule has 208 valence electrons. The molecule has 40 heavy (non-hydrogen) atoms. The van der Waals surface area contributed by atoms with Crippen LogP contribution >= 0.6 is 23.2 Å². The summed E-state index contributed by atoms with van der Waals surface area (Å²) >= 11 is 12.5. The Kier molecular flexibility index (Phi) is 7.15. The Morgan fingerprint density at radius 3 is 2.38 bits per heavy atom. The summed E-state index contributed by atoms with van der Waals surface area (Å²) in [5.74, 6) is -2.62. The first kappa shape index (κ1) is 28.1. The van der Waals surface area contributed by atoms with E-state index in [1.54, 1.807) is 30.3 Å². The number of primary amides is 1. The Balaban J connectivity index is 1.67. The molecule has 2 heterocycles. The Bertz CT molecular complexity index is 1520. The highest BCUT2D eigenvalue weighted by atomic mass is 35.5. The number of carbonyl (C=O) groups excluding carboxylic acids is 3. The highest BCUT2D eigenvalue weighted by Crippen LogP contribution is 2.56. The zero-order chi connectivity index (χ0) is 29.0. The maximum Gasteiger partial charge on any atom is 0.248 e. The first-order chi connectivity index (χ1) is 18.8. The smallest absolute Gasteiger partial charge is 0.248 e. The summed E-state index contributed by atoms with van der Waals surface area (Å²) in [6, 6.07) is 14.3. The summed E-state index contributed by atoms with van der Waals surface area (Å²) in [7, 11) is 0. The molecule has 1 unspecified atom stereocenters. The van der Waals surface area contributed by atoms with Gasteiger partial charge in [0.05, 0.1) is 11.1 Å². The minimum atomic E-state index is -1.23. The van der Waals surface area contributed by atoms with Crippen molar-refractivity contribution < 1.29 is 18.8 Å². The van der Waals surface area contributed by atoms with Gasteiger partial charge >= 0.3 is 0 Å². The Morgan fingerprint density at radius 1 is 1.05 bits per heavy atom. The van der Waals surface area contributed by atoms with E-state index in [4.69, 9.17) is 28.9 Å². The van der Waals surface area contributed by atoms with Crippen LogP contribution in [-0.2, 0) is 15.0 Å². The molecule has 3 aromatic carbocycles. The molecule has 7 nitrogen and oxygen atoms in total. The number of rotatable bonds is 5. The third-order valence-electron chi connectivity index (χ3n) is 7.64. The topological polar surface area (TPSA) is 113 Å². The van der Waals surface area contributed by atoms with E-state index in [0.717, 1.165) is 0 Å². The van der Waals surface area contributed by atoms with Gasteiger partial charge in [-0.25, -0.2) is 4.39 Å². The largest absolute Gasteiger partial charge is 0.366 e. The second kappa shape index (κ2) is 10.2. The molecule has 0 radical (unpaired) electrons. The third-order valence-corrected chi connectivity index (χ3v) is 8.17. The van der Waals surface area contributed by atoms with Gasteiger partial charge in [0.2, 0.25) is 17.7 Å². The number of nitrogens with two attached hydrogens (primary N) is 1. The fourth-order valence-corrected chi connectivity index (χ4v) is 6.43. The van der Waals surface area contributed by atoms with Crippen LogP contribution in [-0.4, -0.2) is 29.8 Å². The number of benzene rings is 3. The lowest BCUT2D eigenvalue weighted by atomic mass is 9.62. The van der Waals surface area contributed by atoms with Gasteiger partial charge in [-0.05, 0) is 71.5 Å². The van der Waals surface area contributed by atoms with Crippen molar-refractivity contribution in [1.29, 1.82) is 0 Å². The zero-order valence-electron chi connectivity index (χ0n) is 22.1. The van der Waals surface area contributed by atoms with Gasteiger partial charge in [0, 0.05) is 33.9 Å². The number of anilines is 2. The molecule has 4 atom stereocenters. The van der Waals surface area contributed by atoms with E-state index in [0.29, 0.717) is 39.5 Å². The van der Waals surface area contributed by atoms with E-state index in [1.165, 1.54) is 24.3 Å². The SMILES string of the molecule is CC(C)(C)CC1N[C@@H](C(=O)Nc2ccc(C(N)=O)cc2)[C@H](c2ccc(F)c(Cl)c2)[C@]12C(=O)Nc1cc(Cl)ccc12. The van der Waals surface area contributed by atoms with Crippen molar-refractivity contribution in [1.82, 2.24) is 5.32 Å². The monoisotopic (exact) mass is 582 g/mol. The van der Waals surface area contributed by atoms with Gasteiger partial charge in [-0.2, -0.15) is 0 Å². The summed E-state index contributed by atoms with van der Waals surface area (Å²) in [4.78, 5) is 39.6. The molecular formula is C30H29Cl2FN4O3. The second-order valence-electron chi connectivity index (χ2n) is 11.6. The average Bonchev–Trinajstić information content (AvgIpc) is 3.35. The molecule has 1 spiro atoms. The fraction of sp³-hybridized carbons (Fsp3) is 0.300. The Labute approximate surface area is 241 Å². The zero-order valence-corrected chi connectivity index (χ0v) is 23.7. The minimum absolute atomic E-state index is 0.108. The van der Waals surface area contributed by atoms with E-state index in [-0.39, 0.29) is 16.3 Å². The number of hydrogen-bond donors (Lipinski definition) is 4.